The van der Waals surface area contributed by atoms with Crippen molar-refractivity contribution in [3.63, 3.8) is 0 Å². The van der Waals surface area contributed by atoms with Gasteiger partial charge >= 0.3 is 0 Å². The summed E-state index contributed by atoms with van der Waals surface area (Å²) in [5, 5.41) is 3.61. The van der Waals surface area contributed by atoms with E-state index < -0.39 is 0 Å². The summed E-state index contributed by atoms with van der Waals surface area (Å²) in [6, 6.07) is 10.6. The number of rotatable bonds is 7. The maximum Gasteiger partial charge on any atom is 0.261 e. The topological polar surface area (TPSA) is 66.5 Å². The third kappa shape index (κ3) is 3.80. The first-order chi connectivity index (χ1) is 13.5. The van der Waals surface area contributed by atoms with Gasteiger partial charge < -0.3 is 5.32 Å². The highest BCUT2D eigenvalue weighted by Crippen LogP contribution is 2.30. The van der Waals surface area contributed by atoms with Crippen molar-refractivity contribution < 1.29 is 14.4 Å². The zero-order valence-electron chi connectivity index (χ0n) is 16.0. The van der Waals surface area contributed by atoms with Crippen LogP contribution in [0.4, 0.5) is 5.69 Å². The number of hydrogen-bond donors (Lipinski definition) is 1. The van der Waals surface area contributed by atoms with Crippen molar-refractivity contribution in [3.05, 3.63) is 63.7 Å². The molecule has 0 unspecified atom stereocenters. The molecule has 0 atom stereocenters. The summed E-state index contributed by atoms with van der Waals surface area (Å²) in [5.74, 6) is -0.738. The zero-order chi connectivity index (χ0) is 20.3. The van der Waals surface area contributed by atoms with Crippen LogP contribution in [0, 0.1) is 0 Å². The number of fused-ring (bicyclic) bond motifs is 1. The first kappa shape index (κ1) is 20.1. The number of carbonyl (C=O) groups is 3. The van der Waals surface area contributed by atoms with Crippen molar-refractivity contribution in [2.75, 3.05) is 11.9 Å². The number of imide groups is 1. The summed E-state index contributed by atoms with van der Waals surface area (Å²) in [5.41, 5.74) is 3.60. The number of carbonyl (C=O) groups excluding carboxylic acids is 3. The average Bonchev–Trinajstić information content (AvgIpc) is 2.93. The number of aryl methyl sites for hydroxylation is 1. The number of amides is 3. The van der Waals surface area contributed by atoms with E-state index in [2.05, 4.69) is 5.32 Å². The number of halogens is 1. The van der Waals surface area contributed by atoms with E-state index in [1.165, 1.54) is 4.90 Å². The lowest BCUT2D eigenvalue weighted by Gasteiger charge is -2.17. The Morgan fingerprint density at radius 1 is 1.00 bits per heavy atom. The standard InChI is InChI=1S/C22H23ClN2O3/c1-3-14-11-12-18(23)15(4-2)20(14)24-19(26)10-7-13-25-21(27)16-8-5-6-9-17(16)22(25)28/h5-6,8-9,11-12H,3-4,7,10,13H2,1-2H3,(H,24,26). The number of benzene rings is 2. The molecule has 28 heavy (non-hydrogen) atoms. The Labute approximate surface area is 169 Å². The Morgan fingerprint density at radius 2 is 1.64 bits per heavy atom. The molecular formula is C22H23ClN2O3. The van der Waals surface area contributed by atoms with E-state index in [0.717, 1.165) is 29.7 Å². The van der Waals surface area contributed by atoms with Crippen LogP contribution in [0.1, 0.15) is 58.5 Å². The molecule has 5 nitrogen and oxygen atoms in total. The van der Waals surface area contributed by atoms with E-state index in [9.17, 15) is 14.4 Å². The first-order valence-electron chi connectivity index (χ1n) is 9.53. The summed E-state index contributed by atoms with van der Waals surface area (Å²) in [6.45, 7) is 4.25. The van der Waals surface area contributed by atoms with Crippen LogP contribution in [0.2, 0.25) is 5.02 Å². The van der Waals surface area contributed by atoms with Gasteiger partial charge in [0.1, 0.15) is 0 Å². The van der Waals surface area contributed by atoms with Crippen LogP contribution >= 0.6 is 11.6 Å². The van der Waals surface area contributed by atoms with Crippen molar-refractivity contribution in [3.8, 4) is 0 Å². The maximum absolute atomic E-state index is 12.5. The first-order valence-corrected chi connectivity index (χ1v) is 9.91. The Balaban J connectivity index is 1.62. The van der Waals surface area contributed by atoms with Gasteiger partial charge in [0.05, 0.1) is 11.1 Å². The van der Waals surface area contributed by atoms with Gasteiger partial charge in [0.15, 0.2) is 0 Å². The lowest BCUT2D eigenvalue weighted by molar-refractivity contribution is -0.116. The monoisotopic (exact) mass is 398 g/mol. The van der Waals surface area contributed by atoms with E-state index >= 15 is 0 Å². The summed E-state index contributed by atoms with van der Waals surface area (Å²) >= 11 is 6.28. The van der Waals surface area contributed by atoms with Crippen molar-refractivity contribution in [1.82, 2.24) is 4.90 Å². The molecule has 1 aliphatic rings. The molecule has 0 spiro atoms. The molecule has 0 saturated heterocycles. The third-order valence-corrected chi connectivity index (χ3v) is 5.36. The summed E-state index contributed by atoms with van der Waals surface area (Å²) in [4.78, 5) is 38.4. The van der Waals surface area contributed by atoms with Gasteiger partial charge in [-0.2, -0.15) is 0 Å². The van der Waals surface area contributed by atoms with E-state index in [1.807, 2.05) is 26.0 Å². The van der Waals surface area contributed by atoms with Crippen molar-refractivity contribution >= 4 is 35.0 Å². The fourth-order valence-corrected chi connectivity index (χ4v) is 3.80. The molecule has 0 aliphatic carbocycles. The van der Waals surface area contributed by atoms with Crippen LogP contribution in [-0.2, 0) is 17.6 Å². The highest BCUT2D eigenvalue weighted by Gasteiger charge is 2.34. The minimum atomic E-state index is -0.294. The fraction of sp³-hybridized carbons (Fsp3) is 0.318. The molecule has 1 N–H and O–H groups in total. The molecule has 0 fully saturated rings. The second kappa shape index (κ2) is 8.57. The molecule has 2 aromatic rings. The van der Waals surface area contributed by atoms with Gasteiger partial charge in [-0.25, -0.2) is 0 Å². The minimum absolute atomic E-state index is 0.150. The molecule has 1 heterocycles. The van der Waals surface area contributed by atoms with Crippen LogP contribution in [0.15, 0.2) is 36.4 Å². The summed E-state index contributed by atoms with van der Waals surface area (Å²) in [7, 11) is 0. The van der Waals surface area contributed by atoms with Gasteiger partial charge in [-0.1, -0.05) is 43.6 Å². The van der Waals surface area contributed by atoms with Gasteiger partial charge in [-0.15, -0.1) is 0 Å². The van der Waals surface area contributed by atoms with Crippen LogP contribution in [0.25, 0.3) is 0 Å². The summed E-state index contributed by atoms with van der Waals surface area (Å²) < 4.78 is 0. The normalized spacial score (nSPS) is 13.0. The number of nitrogens with zero attached hydrogens (tertiary/aromatic N) is 1. The van der Waals surface area contributed by atoms with Crippen LogP contribution in [-0.4, -0.2) is 29.2 Å². The predicted molar refractivity (Wildman–Crippen MR) is 110 cm³/mol. The average molecular weight is 399 g/mol. The fourth-order valence-electron chi connectivity index (χ4n) is 3.51. The zero-order valence-corrected chi connectivity index (χ0v) is 16.8. The molecule has 0 saturated carbocycles. The van der Waals surface area contributed by atoms with Crippen LogP contribution in [0.3, 0.4) is 0 Å². The molecule has 0 bridgehead atoms. The lowest BCUT2D eigenvalue weighted by atomic mass is 10.0. The second-order valence-corrected chi connectivity index (χ2v) is 7.13. The van der Waals surface area contributed by atoms with Crippen molar-refractivity contribution in [2.24, 2.45) is 0 Å². The molecule has 0 radical (unpaired) electrons. The van der Waals surface area contributed by atoms with Gasteiger partial charge in [0.25, 0.3) is 11.8 Å². The predicted octanol–water partition coefficient (Wildman–Crippen LogP) is 4.48. The van der Waals surface area contributed by atoms with E-state index in [4.69, 9.17) is 11.6 Å². The Bertz CT molecular complexity index is 904. The van der Waals surface area contributed by atoms with Gasteiger partial charge in [-0.3, -0.25) is 19.3 Å². The van der Waals surface area contributed by atoms with Crippen molar-refractivity contribution in [1.29, 1.82) is 0 Å². The van der Waals surface area contributed by atoms with E-state index in [-0.39, 0.29) is 30.7 Å². The number of hydrogen-bond acceptors (Lipinski definition) is 3. The molecule has 6 heteroatoms. The Morgan fingerprint density at radius 3 is 2.21 bits per heavy atom. The number of nitrogens with one attached hydrogen (secondary N) is 1. The second-order valence-electron chi connectivity index (χ2n) is 6.73. The van der Waals surface area contributed by atoms with Crippen LogP contribution < -0.4 is 5.32 Å². The Hall–Kier alpha value is -2.66. The van der Waals surface area contributed by atoms with Crippen LogP contribution in [0.5, 0.6) is 0 Å². The molecule has 1 aliphatic heterocycles. The molecular weight excluding hydrogens is 376 g/mol. The lowest BCUT2D eigenvalue weighted by Crippen LogP contribution is -2.31. The highest BCUT2D eigenvalue weighted by atomic mass is 35.5. The largest absolute Gasteiger partial charge is 0.326 e. The van der Waals surface area contributed by atoms with Gasteiger partial charge in [0, 0.05) is 23.7 Å². The van der Waals surface area contributed by atoms with Gasteiger partial charge in [0.2, 0.25) is 5.91 Å². The SMILES string of the molecule is CCc1ccc(Cl)c(CC)c1NC(=O)CCCN1C(=O)c2ccccc2C1=O. The van der Waals surface area contributed by atoms with Gasteiger partial charge in [-0.05, 0) is 48.6 Å². The molecule has 0 aromatic heterocycles. The highest BCUT2D eigenvalue weighted by molar-refractivity contribution is 6.32. The molecule has 3 amide bonds. The third-order valence-electron chi connectivity index (χ3n) is 5.00. The van der Waals surface area contributed by atoms with Crippen molar-refractivity contribution in [2.45, 2.75) is 39.5 Å². The minimum Gasteiger partial charge on any atom is -0.326 e. The smallest absolute Gasteiger partial charge is 0.261 e. The summed E-state index contributed by atoms with van der Waals surface area (Å²) in [6.07, 6.45) is 2.12. The maximum atomic E-state index is 12.5. The quantitative estimate of drug-likeness (QED) is 0.699. The molecule has 2 aromatic carbocycles. The van der Waals surface area contributed by atoms with E-state index in [1.54, 1.807) is 24.3 Å². The molecule has 3 rings (SSSR count). The molecule has 146 valence electrons. The van der Waals surface area contributed by atoms with E-state index in [0.29, 0.717) is 22.6 Å². The number of anilines is 1. The Kier molecular flexibility index (Phi) is 6.15.